The van der Waals surface area contributed by atoms with Gasteiger partial charge in [0.05, 0.1) is 0 Å². The summed E-state index contributed by atoms with van der Waals surface area (Å²) in [4.78, 5) is 29.1. The van der Waals surface area contributed by atoms with Crippen molar-refractivity contribution in [3.05, 3.63) is 65.7 Å². The molecule has 2 aromatic carbocycles. The minimum absolute atomic E-state index is 0.0759. The van der Waals surface area contributed by atoms with Crippen LogP contribution in [-0.4, -0.2) is 36.3 Å². The molecule has 0 spiro atoms. The number of hydrogen-bond donors (Lipinski definition) is 0. The number of nitrogens with zero attached hydrogens (tertiary/aromatic N) is 2. The number of anilines is 1. The number of amides is 2. The molecule has 0 radical (unpaired) electrons. The molecule has 1 aliphatic rings. The average Bonchev–Trinajstić information content (AvgIpc) is 2.73. The van der Waals surface area contributed by atoms with E-state index in [0.29, 0.717) is 17.2 Å². The van der Waals surface area contributed by atoms with Gasteiger partial charge >= 0.3 is 0 Å². The van der Waals surface area contributed by atoms with Crippen LogP contribution in [0.25, 0.3) is 0 Å². The standard InChI is InChI=1S/C22H26N2O2/c1-3-19-9-7-8-16-24(19)22(26)18-14-12-17(13-15-18)21(25)23(2)20-10-5-4-6-11-20/h4-6,10-15,19H,3,7-9,16H2,1-2H3. The fourth-order valence-electron chi connectivity index (χ4n) is 3.58. The third-order valence-electron chi connectivity index (χ3n) is 5.19. The minimum Gasteiger partial charge on any atom is -0.336 e. The van der Waals surface area contributed by atoms with Gasteiger partial charge in [0.1, 0.15) is 0 Å². The molecule has 26 heavy (non-hydrogen) atoms. The zero-order valence-corrected chi connectivity index (χ0v) is 15.5. The monoisotopic (exact) mass is 350 g/mol. The van der Waals surface area contributed by atoms with E-state index in [-0.39, 0.29) is 11.8 Å². The predicted octanol–water partition coefficient (Wildman–Crippen LogP) is 4.37. The molecule has 136 valence electrons. The maximum Gasteiger partial charge on any atom is 0.258 e. The van der Waals surface area contributed by atoms with E-state index in [9.17, 15) is 9.59 Å². The first-order valence-corrected chi connectivity index (χ1v) is 9.36. The first-order chi connectivity index (χ1) is 12.6. The van der Waals surface area contributed by atoms with E-state index in [4.69, 9.17) is 0 Å². The molecule has 0 aromatic heterocycles. The second-order valence-corrected chi connectivity index (χ2v) is 6.83. The molecule has 1 fully saturated rings. The number of likely N-dealkylation sites (tertiary alicyclic amines) is 1. The van der Waals surface area contributed by atoms with Gasteiger partial charge in [-0.25, -0.2) is 0 Å². The quantitative estimate of drug-likeness (QED) is 0.821. The number of benzene rings is 2. The van der Waals surface area contributed by atoms with Gasteiger partial charge in [-0.15, -0.1) is 0 Å². The summed E-state index contributed by atoms with van der Waals surface area (Å²) in [6.45, 7) is 2.96. The van der Waals surface area contributed by atoms with Gasteiger partial charge in [0.25, 0.3) is 11.8 Å². The lowest BCUT2D eigenvalue weighted by Gasteiger charge is -2.35. The highest BCUT2D eigenvalue weighted by atomic mass is 16.2. The Hall–Kier alpha value is -2.62. The summed E-state index contributed by atoms with van der Waals surface area (Å²) in [5.41, 5.74) is 2.08. The number of hydrogen-bond acceptors (Lipinski definition) is 2. The fraction of sp³-hybridized carbons (Fsp3) is 0.364. The number of para-hydroxylation sites is 1. The average molecular weight is 350 g/mol. The lowest BCUT2D eigenvalue weighted by Crippen LogP contribution is -2.43. The van der Waals surface area contributed by atoms with Gasteiger partial charge in [-0.05, 0) is 62.1 Å². The Balaban J connectivity index is 1.73. The summed E-state index contributed by atoms with van der Waals surface area (Å²) >= 11 is 0. The molecule has 0 N–H and O–H groups in total. The van der Waals surface area contributed by atoms with E-state index < -0.39 is 0 Å². The lowest BCUT2D eigenvalue weighted by atomic mass is 9.98. The molecule has 1 saturated heterocycles. The van der Waals surface area contributed by atoms with Crippen LogP contribution in [0.1, 0.15) is 53.3 Å². The number of carbonyl (C=O) groups excluding carboxylic acids is 2. The Morgan fingerprint density at radius 3 is 2.31 bits per heavy atom. The molecule has 0 aliphatic carbocycles. The van der Waals surface area contributed by atoms with Crippen LogP contribution >= 0.6 is 0 Å². The third kappa shape index (κ3) is 3.79. The summed E-state index contributed by atoms with van der Waals surface area (Å²) in [5.74, 6) is -0.00781. The van der Waals surface area contributed by atoms with E-state index >= 15 is 0 Å². The molecule has 4 nitrogen and oxygen atoms in total. The van der Waals surface area contributed by atoms with Crippen LogP contribution in [-0.2, 0) is 0 Å². The summed E-state index contributed by atoms with van der Waals surface area (Å²) in [6, 6.07) is 16.9. The molecule has 2 aromatic rings. The topological polar surface area (TPSA) is 40.6 Å². The van der Waals surface area contributed by atoms with Gasteiger partial charge in [0.15, 0.2) is 0 Å². The molecule has 4 heteroatoms. The van der Waals surface area contributed by atoms with Crippen molar-refractivity contribution in [2.75, 3.05) is 18.5 Å². The molecule has 0 saturated carbocycles. The van der Waals surface area contributed by atoms with Gasteiger partial charge in [-0.1, -0.05) is 25.1 Å². The Labute approximate surface area is 155 Å². The minimum atomic E-state index is -0.0837. The van der Waals surface area contributed by atoms with Crippen molar-refractivity contribution in [3.63, 3.8) is 0 Å². The maximum atomic E-state index is 12.8. The molecule has 0 bridgehead atoms. The number of rotatable bonds is 4. The number of carbonyl (C=O) groups is 2. The predicted molar refractivity (Wildman–Crippen MR) is 105 cm³/mol. The van der Waals surface area contributed by atoms with Gasteiger partial charge in [0, 0.05) is 36.4 Å². The van der Waals surface area contributed by atoms with Crippen LogP contribution in [0.5, 0.6) is 0 Å². The van der Waals surface area contributed by atoms with Crippen LogP contribution < -0.4 is 4.90 Å². The van der Waals surface area contributed by atoms with E-state index in [1.54, 1.807) is 36.2 Å². The molecule has 1 unspecified atom stereocenters. The van der Waals surface area contributed by atoms with Gasteiger partial charge in [-0.2, -0.15) is 0 Å². The molecule has 1 aliphatic heterocycles. The molecule has 1 heterocycles. The largest absolute Gasteiger partial charge is 0.336 e. The SMILES string of the molecule is CCC1CCCCN1C(=O)c1ccc(C(=O)N(C)c2ccccc2)cc1. The Morgan fingerprint density at radius 2 is 1.65 bits per heavy atom. The van der Waals surface area contributed by atoms with Gasteiger partial charge in [0.2, 0.25) is 0 Å². The first-order valence-electron chi connectivity index (χ1n) is 9.36. The second-order valence-electron chi connectivity index (χ2n) is 6.83. The van der Waals surface area contributed by atoms with Crippen molar-refractivity contribution in [3.8, 4) is 0 Å². The van der Waals surface area contributed by atoms with Crippen LogP contribution in [0.4, 0.5) is 5.69 Å². The van der Waals surface area contributed by atoms with Crippen molar-refractivity contribution < 1.29 is 9.59 Å². The van der Waals surface area contributed by atoms with Crippen molar-refractivity contribution in [2.24, 2.45) is 0 Å². The lowest BCUT2D eigenvalue weighted by molar-refractivity contribution is 0.0607. The Morgan fingerprint density at radius 1 is 1.00 bits per heavy atom. The van der Waals surface area contributed by atoms with Crippen molar-refractivity contribution in [2.45, 2.75) is 38.6 Å². The number of piperidine rings is 1. The highest BCUT2D eigenvalue weighted by molar-refractivity contribution is 6.06. The summed E-state index contributed by atoms with van der Waals surface area (Å²) in [5, 5.41) is 0. The molecule has 3 rings (SSSR count). The Kier molecular flexibility index (Phi) is 5.71. The molecular formula is C22H26N2O2. The maximum absolute atomic E-state index is 12.8. The highest BCUT2D eigenvalue weighted by Crippen LogP contribution is 2.22. The second kappa shape index (κ2) is 8.17. The van der Waals surface area contributed by atoms with Gasteiger partial charge in [-0.3, -0.25) is 9.59 Å². The summed E-state index contributed by atoms with van der Waals surface area (Å²) < 4.78 is 0. The van der Waals surface area contributed by atoms with Crippen LogP contribution in [0, 0.1) is 0 Å². The fourth-order valence-corrected chi connectivity index (χ4v) is 3.58. The van der Waals surface area contributed by atoms with Crippen molar-refractivity contribution in [1.82, 2.24) is 4.90 Å². The molecular weight excluding hydrogens is 324 g/mol. The molecule has 1 atom stereocenters. The van der Waals surface area contributed by atoms with Crippen molar-refractivity contribution in [1.29, 1.82) is 0 Å². The highest BCUT2D eigenvalue weighted by Gasteiger charge is 2.26. The Bertz CT molecular complexity index is 755. The van der Waals surface area contributed by atoms with E-state index in [1.807, 2.05) is 35.2 Å². The van der Waals surface area contributed by atoms with Crippen LogP contribution in [0.2, 0.25) is 0 Å². The molecule has 2 amide bonds. The van der Waals surface area contributed by atoms with Crippen LogP contribution in [0.3, 0.4) is 0 Å². The third-order valence-corrected chi connectivity index (χ3v) is 5.19. The smallest absolute Gasteiger partial charge is 0.258 e. The van der Waals surface area contributed by atoms with E-state index in [0.717, 1.165) is 31.5 Å². The van der Waals surface area contributed by atoms with E-state index in [1.165, 1.54) is 6.42 Å². The summed E-state index contributed by atoms with van der Waals surface area (Å²) in [6.07, 6.45) is 4.34. The normalized spacial score (nSPS) is 17.0. The van der Waals surface area contributed by atoms with Crippen LogP contribution in [0.15, 0.2) is 54.6 Å². The zero-order valence-electron chi connectivity index (χ0n) is 15.5. The summed E-state index contributed by atoms with van der Waals surface area (Å²) in [7, 11) is 1.76. The van der Waals surface area contributed by atoms with E-state index in [2.05, 4.69) is 6.92 Å². The van der Waals surface area contributed by atoms with Gasteiger partial charge < -0.3 is 9.80 Å². The zero-order chi connectivity index (χ0) is 18.5. The first kappa shape index (κ1) is 18.2. The van der Waals surface area contributed by atoms with Crippen molar-refractivity contribution >= 4 is 17.5 Å².